The summed E-state index contributed by atoms with van der Waals surface area (Å²) in [6, 6.07) is 11.9. The lowest BCUT2D eigenvalue weighted by Gasteiger charge is -2.30. The van der Waals surface area contributed by atoms with E-state index in [0.717, 1.165) is 40.8 Å². The number of benzene rings is 1. The third kappa shape index (κ3) is 2.19. The van der Waals surface area contributed by atoms with Crippen LogP contribution in [0.15, 0.2) is 48.9 Å². The zero-order valence-electron chi connectivity index (χ0n) is 12.0. The molecule has 2 heterocycles. The number of hydrogen-bond donors (Lipinski definition) is 2. The maximum absolute atomic E-state index is 10.2. The first-order chi connectivity index (χ1) is 10.8. The maximum atomic E-state index is 10.2. The summed E-state index contributed by atoms with van der Waals surface area (Å²) < 4.78 is 0. The summed E-state index contributed by atoms with van der Waals surface area (Å²) in [6.45, 7) is 0. The minimum atomic E-state index is -0.380. The van der Waals surface area contributed by atoms with Crippen LogP contribution in [0.25, 0.3) is 11.0 Å². The van der Waals surface area contributed by atoms with Crippen molar-refractivity contribution >= 4 is 16.9 Å². The SMILES string of the molecule is OC1CCC(Nc2ncnc3cccnc23)c2ccccc21. The lowest BCUT2D eigenvalue weighted by Crippen LogP contribution is -2.20. The van der Waals surface area contributed by atoms with E-state index in [9.17, 15) is 5.11 Å². The zero-order valence-corrected chi connectivity index (χ0v) is 12.0. The van der Waals surface area contributed by atoms with Crippen molar-refractivity contribution in [3.63, 3.8) is 0 Å². The molecule has 5 heteroatoms. The number of aliphatic hydroxyl groups excluding tert-OH is 1. The molecule has 3 aromatic rings. The van der Waals surface area contributed by atoms with E-state index in [1.54, 1.807) is 12.5 Å². The first-order valence-electron chi connectivity index (χ1n) is 7.42. The van der Waals surface area contributed by atoms with E-state index in [4.69, 9.17) is 0 Å². The van der Waals surface area contributed by atoms with Gasteiger partial charge in [0, 0.05) is 6.20 Å². The summed E-state index contributed by atoms with van der Waals surface area (Å²) in [4.78, 5) is 13.0. The molecule has 22 heavy (non-hydrogen) atoms. The minimum Gasteiger partial charge on any atom is -0.388 e. The van der Waals surface area contributed by atoms with Crippen molar-refractivity contribution in [3.8, 4) is 0 Å². The number of fused-ring (bicyclic) bond motifs is 2. The predicted molar refractivity (Wildman–Crippen MR) is 84.3 cm³/mol. The molecule has 0 saturated heterocycles. The van der Waals surface area contributed by atoms with E-state index in [-0.39, 0.29) is 12.1 Å². The highest BCUT2D eigenvalue weighted by Crippen LogP contribution is 2.37. The van der Waals surface area contributed by atoms with Crippen molar-refractivity contribution < 1.29 is 5.11 Å². The van der Waals surface area contributed by atoms with Gasteiger partial charge in [-0.15, -0.1) is 0 Å². The standard InChI is InChI=1S/C17H16N4O/c22-15-8-7-13(11-4-1-2-5-12(11)15)21-17-16-14(19-10-20-17)6-3-9-18-16/h1-6,9-10,13,15,22H,7-8H2,(H,19,20,21). The van der Waals surface area contributed by atoms with Gasteiger partial charge in [-0.25, -0.2) is 9.97 Å². The lowest BCUT2D eigenvalue weighted by molar-refractivity contribution is 0.152. The molecule has 0 radical (unpaired) electrons. The topological polar surface area (TPSA) is 70.9 Å². The van der Waals surface area contributed by atoms with E-state index in [1.807, 2.05) is 30.3 Å². The molecule has 1 aliphatic carbocycles. The van der Waals surface area contributed by atoms with Gasteiger partial charge in [0.05, 0.1) is 17.7 Å². The van der Waals surface area contributed by atoms with Gasteiger partial charge in [0.15, 0.2) is 5.82 Å². The highest BCUT2D eigenvalue weighted by Gasteiger charge is 2.26. The smallest absolute Gasteiger partial charge is 0.156 e. The Morgan fingerprint density at radius 2 is 1.82 bits per heavy atom. The highest BCUT2D eigenvalue weighted by atomic mass is 16.3. The summed E-state index contributed by atoms with van der Waals surface area (Å²) >= 11 is 0. The molecule has 0 aliphatic heterocycles. The first kappa shape index (κ1) is 13.2. The van der Waals surface area contributed by atoms with E-state index < -0.39 is 0 Å². The number of pyridine rings is 1. The Kier molecular flexibility index (Phi) is 3.20. The Balaban J connectivity index is 1.73. The van der Waals surface area contributed by atoms with E-state index in [1.165, 1.54) is 0 Å². The number of aliphatic hydroxyl groups is 1. The van der Waals surface area contributed by atoms with Gasteiger partial charge >= 0.3 is 0 Å². The molecule has 2 atom stereocenters. The van der Waals surface area contributed by atoms with Crippen LogP contribution in [-0.2, 0) is 0 Å². The first-order valence-corrected chi connectivity index (χ1v) is 7.42. The molecule has 0 fully saturated rings. The number of hydrogen-bond acceptors (Lipinski definition) is 5. The average Bonchev–Trinajstić information content (AvgIpc) is 2.58. The van der Waals surface area contributed by atoms with Crippen LogP contribution in [0, 0.1) is 0 Å². The Morgan fingerprint density at radius 3 is 2.73 bits per heavy atom. The fourth-order valence-electron chi connectivity index (χ4n) is 3.08. The minimum absolute atomic E-state index is 0.125. The van der Waals surface area contributed by atoms with Gasteiger partial charge < -0.3 is 10.4 Å². The molecule has 2 unspecified atom stereocenters. The van der Waals surface area contributed by atoms with Crippen LogP contribution in [0.4, 0.5) is 5.82 Å². The van der Waals surface area contributed by atoms with Crippen molar-refractivity contribution in [2.24, 2.45) is 0 Å². The predicted octanol–water partition coefficient (Wildman–Crippen LogP) is 3.01. The molecule has 1 aliphatic rings. The van der Waals surface area contributed by atoms with Gasteiger partial charge in [-0.3, -0.25) is 4.98 Å². The summed E-state index contributed by atoms with van der Waals surface area (Å²) in [6.07, 6.45) is 4.52. The lowest BCUT2D eigenvalue weighted by atomic mass is 9.86. The molecule has 0 spiro atoms. The van der Waals surface area contributed by atoms with Crippen molar-refractivity contribution in [1.29, 1.82) is 0 Å². The number of nitrogens with one attached hydrogen (secondary N) is 1. The summed E-state index contributed by atoms with van der Waals surface area (Å²) in [5.41, 5.74) is 3.72. The van der Waals surface area contributed by atoms with Gasteiger partial charge in [-0.05, 0) is 36.1 Å². The van der Waals surface area contributed by atoms with Crippen LogP contribution in [0.2, 0.25) is 0 Å². The van der Waals surface area contributed by atoms with E-state index >= 15 is 0 Å². The second kappa shape index (κ2) is 5.35. The van der Waals surface area contributed by atoms with Crippen LogP contribution in [-0.4, -0.2) is 20.1 Å². The zero-order chi connectivity index (χ0) is 14.9. The summed E-state index contributed by atoms with van der Waals surface area (Å²) in [7, 11) is 0. The van der Waals surface area contributed by atoms with Gasteiger partial charge in [0.2, 0.25) is 0 Å². The van der Waals surface area contributed by atoms with Crippen LogP contribution in [0.5, 0.6) is 0 Å². The molecule has 5 nitrogen and oxygen atoms in total. The molecular formula is C17H16N4O. The molecule has 0 amide bonds. The van der Waals surface area contributed by atoms with Crippen molar-refractivity contribution in [2.45, 2.75) is 25.0 Å². The largest absolute Gasteiger partial charge is 0.388 e. The van der Waals surface area contributed by atoms with Gasteiger partial charge in [0.25, 0.3) is 0 Å². The third-order valence-corrected chi connectivity index (χ3v) is 4.16. The second-order valence-corrected chi connectivity index (χ2v) is 5.51. The molecule has 0 bridgehead atoms. The van der Waals surface area contributed by atoms with Gasteiger partial charge in [0.1, 0.15) is 11.8 Å². The summed E-state index contributed by atoms with van der Waals surface area (Å²) in [5.74, 6) is 0.738. The number of anilines is 1. The Hall–Kier alpha value is -2.53. The van der Waals surface area contributed by atoms with Gasteiger partial charge in [-0.1, -0.05) is 24.3 Å². The maximum Gasteiger partial charge on any atom is 0.156 e. The molecule has 110 valence electrons. The van der Waals surface area contributed by atoms with E-state index in [2.05, 4.69) is 26.3 Å². The van der Waals surface area contributed by atoms with Gasteiger partial charge in [-0.2, -0.15) is 0 Å². The number of nitrogens with zero attached hydrogens (tertiary/aromatic N) is 3. The Morgan fingerprint density at radius 1 is 0.955 bits per heavy atom. The van der Waals surface area contributed by atoms with E-state index in [0.29, 0.717) is 0 Å². The number of rotatable bonds is 2. The molecule has 2 aromatic heterocycles. The quantitative estimate of drug-likeness (QED) is 0.759. The highest BCUT2D eigenvalue weighted by molar-refractivity contribution is 5.84. The Labute approximate surface area is 128 Å². The summed E-state index contributed by atoms with van der Waals surface area (Å²) in [5, 5.41) is 13.6. The monoisotopic (exact) mass is 292 g/mol. The molecule has 0 saturated carbocycles. The average molecular weight is 292 g/mol. The van der Waals surface area contributed by atoms with Crippen molar-refractivity contribution in [3.05, 3.63) is 60.0 Å². The molecular weight excluding hydrogens is 276 g/mol. The fraction of sp³-hybridized carbons (Fsp3) is 0.235. The normalized spacial score (nSPS) is 20.6. The van der Waals surface area contributed by atoms with Crippen LogP contribution in [0.3, 0.4) is 0 Å². The second-order valence-electron chi connectivity index (χ2n) is 5.51. The fourth-order valence-corrected chi connectivity index (χ4v) is 3.08. The van der Waals surface area contributed by atoms with Crippen molar-refractivity contribution in [2.75, 3.05) is 5.32 Å². The van der Waals surface area contributed by atoms with Crippen LogP contribution < -0.4 is 5.32 Å². The Bertz CT molecular complexity index is 815. The van der Waals surface area contributed by atoms with Crippen LogP contribution in [0.1, 0.15) is 36.1 Å². The molecule has 2 N–H and O–H groups in total. The van der Waals surface area contributed by atoms with Crippen LogP contribution >= 0.6 is 0 Å². The number of aromatic nitrogens is 3. The van der Waals surface area contributed by atoms with Crippen molar-refractivity contribution in [1.82, 2.24) is 15.0 Å². The third-order valence-electron chi connectivity index (χ3n) is 4.16. The molecule has 1 aromatic carbocycles. The molecule has 4 rings (SSSR count).